The van der Waals surface area contributed by atoms with Gasteiger partial charge in [0.05, 0.1) is 30.9 Å². The van der Waals surface area contributed by atoms with Crippen molar-refractivity contribution in [1.82, 2.24) is 9.55 Å². The van der Waals surface area contributed by atoms with E-state index in [4.69, 9.17) is 4.74 Å². The largest absolute Gasteiger partial charge is 0.497 e. The third-order valence-corrected chi connectivity index (χ3v) is 2.63. The summed E-state index contributed by atoms with van der Waals surface area (Å²) in [5.41, 5.74) is 0.545. The van der Waals surface area contributed by atoms with E-state index in [2.05, 4.69) is 27.5 Å². The fourth-order valence-electron chi connectivity index (χ4n) is 1.56. The van der Waals surface area contributed by atoms with Gasteiger partial charge in [-0.15, -0.1) is 0 Å². The van der Waals surface area contributed by atoms with Crippen molar-refractivity contribution in [2.45, 2.75) is 6.54 Å². The number of ether oxygens (including phenoxy) is 1. The number of aromatic nitrogens is 2. The zero-order chi connectivity index (χ0) is 12.4. The highest BCUT2D eigenvalue weighted by Crippen LogP contribution is 2.16. The minimum Gasteiger partial charge on any atom is -0.497 e. The summed E-state index contributed by atoms with van der Waals surface area (Å²) in [6.45, 7) is 4.12. The van der Waals surface area contributed by atoms with E-state index in [-0.39, 0.29) is 5.56 Å². The summed E-state index contributed by atoms with van der Waals surface area (Å²) in [4.78, 5) is 16.3. The summed E-state index contributed by atoms with van der Waals surface area (Å²) in [7, 11) is 1.58. The van der Waals surface area contributed by atoms with Crippen LogP contribution in [0.15, 0.2) is 40.4 Å². The monoisotopic (exact) mass is 294 g/mol. The molecule has 5 heteroatoms. The van der Waals surface area contributed by atoms with Crippen LogP contribution in [0, 0.1) is 0 Å². The molecule has 1 heterocycles. The lowest BCUT2D eigenvalue weighted by molar-refractivity contribution is 0.415. The molecule has 0 atom stereocenters. The highest BCUT2D eigenvalue weighted by atomic mass is 79.9. The number of allylic oxidation sites excluding steroid dienone is 1. The Kier molecular flexibility index (Phi) is 3.28. The van der Waals surface area contributed by atoms with Crippen molar-refractivity contribution < 1.29 is 4.74 Å². The highest BCUT2D eigenvalue weighted by molar-refractivity contribution is 9.11. The molecule has 0 saturated heterocycles. The number of fused-ring (bicyclic) bond motifs is 1. The molecule has 0 amide bonds. The minimum atomic E-state index is -0.0850. The Hall–Kier alpha value is -1.62. The molecule has 0 aliphatic rings. The van der Waals surface area contributed by atoms with Crippen molar-refractivity contribution >= 4 is 26.8 Å². The number of halogens is 1. The van der Waals surface area contributed by atoms with Crippen molar-refractivity contribution in [3.63, 3.8) is 0 Å². The Morgan fingerprint density at radius 3 is 3.00 bits per heavy atom. The molecule has 0 radical (unpaired) electrons. The molecule has 0 N–H and O–H groups in total. The number of hydrogen-bond acceptors (Lipinski definition) is 3. The van der Waals surface area contributed by atoms with E-state index in [1.165, 1.54) is 10.9 Å². The molecule has 0 aliphatic carbocycles. The Balaban J connectivity index is 2.60. The van der Waals surface area contributed by atoms with Crippen LogP contribution < -0.4 is 10.3 Å². The van der Waals surface area contributed by atoms with Crippen molar-refractivity contribution in [1.29, 1.82) is 0 Å². The van der Waals surface area contributed by atoms with E-state index < -0.39 is 0 Å². The van der Waals surface area contributed by atoms with E-state index in [9.17, 15) is 4.79 Å². The van der Waals surface area contributed by atoms with Crippen LogP contribution in [0.25, 0.3) is 10.9 Å². The van der Waals surface area contributed by atoms with Gasteiger partial charge in [-0.25, -0.2) is 4.98 Å². The molecule has 4 nitrogen and oxygen atoms in total. The van der Waals surface area contributed by atoms with Crippen molar-refractivity contribution in [2.24, 2.45) is 0 Å². The summed E-state index contributed by atoms with van der Waals surface area (Å²) >= 11 is 3.23. The van der Waals surface area contributed by atoms with E-state index in [0.29, 0.717) is 23.2 Å². The Bertz CT molecular complexity index is 634. The molecule has 88 valence electrons. The number of hydrogen-bond donors (Lipinski definition) is 0. The van der Waals surface area contributed by atoms with Gasteiger partial charge in [0.1, 0.15) is 5.75 Å². The molecule has 0 fully saturated rings. The van der Waals surface area contributed by atoms with Crippen LogP contribution in [0.1, 0.15) is 0 Å². The average Bonchev–Trinajstić information content (AvgIpc) is 2.32. The van der Waals surface area contributed by atoms with Crippen molar-refractivity contribution in [2.75, 3.05) is 7.11 Å². The first-order valence-corrected chi connectivity index (χ1v) is 5.77. The molecule has 17 heavy (non-hydrogen) atoms. The van der Waals surface area contributed by atoms with Crippen LogP contribution in [0.4, 0.5) is 0 Å². The fraction of sp³-hybridized carbons (Fsp3) is 0.167. The quantitative estimate of drug-likeness (QED) is 0.873. The van der Waals surface area contributed by atoms with Gasteiger partial charge in [0.25, 0.3) is 5.56 Å². The van der Waals surface area contributed by atoms with Gasteiger partial charge in [0.15, 0.2) is 0 Å². The van der Waals surface area contributed by atoms with E-state index in [0.717, 1.165) is 4.48 Å². The van der Waals surface area contributed by atoms with Crippen LogP contribution in [0.2, 0.25) is 0 Å². The SMILES string of the molecule is C=C(Br)Cn1cnc2cc(OC)ccc2c1=O. The van der Waals surface area contributed by atoms with E-state index >= 15 is 0 Å². The molecule has 2 rings (SSSR count). The van der Waals surface area contributed by atoms with Crippen LogP contribution >= 0.6 is 15.9 Å². The average molecular weight is 295 g/mol. The van der Waals surface area contributed by atoms with Crippen LogP contribution in [0.5, 0.6) is 5.75 Å². The maximum Gasteiger partial charge on any atom is 0.261 e. The van der Waals surface area contributed by atoms with Crippen molar-refractivity contribution in [3.05, 3.63) is 45.9 Å². The summed E-state index contributed by atoms with van der Waals surface area (Å²) in [5.74, 6) is 0.687. The first kappa shape index (κ1) is 11.9. The first-order chi connectivity index (χ1) is 8.11. The Morgan fingerprint density at radius 1 is 1.59 bits per heavy atom. The third kappa shape index (κ3) is 2.39. The molecule has 0 aliphatic heterocycles. The number of benzene rings is 1. The van der Waals surface area contributed by atoms with Crippen molar-refractivity contribution in [3.8, 4) is 5.75 Å². The predicted octanol–water partition coefficient (Wildman–Crippen LogP) is 2.31. The number of nitrogens with zero attached hydrogens (tertiary/aromatic N) is 2. The maximum absolute atomic E-state index is 12.1. The topological polar surface area (TPSA) is 44.1 Å². The summed E-state index contributed by atoms with van der Waals surface area (Å²) in [6.07, 6.45) is 1.51. The van der Waals surface area contributed by atoms with Gasteiger partial charge in [-0.05, 0) is 12.1 Å². The standard InChI is InChI=1S/C12H11BrN2O2/c1-8(13)6-15-7-14-11-5-9(17-2)3-4-10(11)12(15)16/h3-5,7H,1,6H2,2H3. The second-order valence-corrected chi connectivity index (χ2v) is 4.70. The second kappa shape index (κ2) is 4.71. The third-order valence-electron chi connectivity index (χ3n) is 2.37. The first-order valence-electron chi connectivity index (χ1n) is 4.98. The van der Waals surface area contributed by atoms with Gasteiger partial charge in [-0.1, -0.05) is 22.5 Å². The predicted molar refractivity (Wildman–Crippen MR) is 70.6 cm³/mol. The molecule has 0 unspecified atom stereocenters. The zero-order valence-electron chi connectivity index (χ0n) is 9.31. The van der Waals surface area contributed by atoms with E-state index in [1.54, 1.807) is 25.3 Å². The van der Waals surface area contributed by atoms with Crippen LogP contribution in [-0.2, 0) is 6.54 Å². The zero-order valence-corrected chi connectivity index (χ0v) is 10.9. The fourth-order valence-corrected chi connectivity index (χ4v) is 1.83. The molecule has 1 aromatic carbocycles. The maximum atomic E-state index is 12.1. The molecule has 0 saturated carbocycles. The van der Waals surface area contributed by atoms with Gasteiger partial charge < -0.3 is 4.74 Å². The van der Waals surface area contributed by atoms with Gasteiger partial charge in [0.2, 0.25) is 0 Å². The van der Waals surface area contributed by atoms with Crippen LogP contribution in [-0.4, -0.2) is 16.7 Å². The second-order valence-electron chi connectivity index (χ2n) is 3.58. The molecule has 2 aromatic rings. The van der Waals surface area contributed by atoms with E-state index in [1.807, 2.05) is 0 Å². The lowest BCUT2D eigenvalue weighted by atomic mass is 10.2. The molecule has 0 spiro atoms. The molecular weight excluding hydrogens is 284 g/mol. The summed E-state index contributed by atoms with van der Waals surface area (Å²) in [5, 5.41) is 0.571. The Labute approximate surface area is 107 Å². The van der Waals surface area contributed by atoms with Crippen LogP contribution in [0.3, 0.4) is 0 Å². The normalized spacial score (nSPS) is 10.5. The van der Waals surface area contributed by atoms with Gasteiger partial charge in [-0.3, -0.25) is 9.36 Å². The Morgan fingerprint density at radius 2 is 2.35 bits per heavy atom. The summed E-state index contributed by atoms with van der Waals surface area (Å²) in [6, 6.07) is 5.21. The molecule has 0 bridgehead atoms. The highest BCUT2D eigenvalue weighted by Gasteiger charge is 2.05. The molecule has 1 aromatic heterocycles. The lowest BCUT2D eigenvalue weighted by Crippen LogP contribution is -2.20. The van der Waals surface area contributed by atoms with Gasteiger partial charge in [0, 0.05) is 10.5 Å². The number of methoxy groups -OCH3 is 1. The lowest BCUT2D eigenvalue weighted by Gasteiger charge is -2.06. The van der Waals surface area contributed by atoms with Gasteiger partial charge in [-0.2, -0.15) is 0 Å². The number of rotatable bonds is 3. The summed E-state index contributed by atoms with van der Waals surface area (Å²) < 4.78 is 7.32. The molecular formula is C12H11BrN2O2. The van der Waals surface area contributed by atoms with Gasteiger partial charge >= 0.3 is 0 Å². The smallest absolute Gasteiger partial charge is 0.261 e. The minimum absolute atomic E-state index is 0.0850.